The molecule has 0 bridgehead atoms. The topological polar surface area (TPSA) is 97.3 Å². The van der Waals surface area contributed by atoms with Gasteiger partial charge in [-0.2, -0.15) is 9.41 Å². The first kappa shape index (κ1) is 24.4. The van der Waals surface area contributed by atoms with Crippen LogP contribution < -0.4 is 14.9 Å². The lowest BCUT2D eigenvalue weighted by atomic mass is 10.2. The highest BCUT2D eigenvalue weighted by molar-refractivity contribution is 7.89. The number of sulfonamides is 1. The molecule has 0 radical (unpaired) electrons. The number of carbonyl (C=O) groups is 1. The number of amides is 1. The molecular formula is C26H27N3O5S. The summed E-state index contributed by atoms with van der Waals surface area (Å²) in [6, 6.07) is 21.1. The standard InChI is InChI=1S/C26H27N3O5S/c1-33-24-13-12-21(16-25(24)34-19-20-8-3-2-4-9-20)18-27-28-26(30)22-10-7-11-23(17-22)35(31,32)29-14-5-6-15-29/h2-4,7-13,16-18H,5-6,14-15,19H2,1H3,(H,28,30)/b27-18+. The van der Waals surface area contributed by atoms with E-state index in [9.17, 15) is 13.2 Å². The van der Waals surface area contributed by atoms with Crippen LogP contribution in [0.15, 0.2) is 82.8 Å². The monoisotopic (exact) mass is 493 g/mol. The maximum atomic E-state index is 12.8. The van der Waals surface area contributed by atoms with Crippen molar-refractivity contribution in [2.45, 2.75) is 24.3 Å². The molecule has 35 heavy (non-hydrogen) atoms. The molecule has 1 N–H and O–H groups in total. The molecule has 0 saturated carbocycles. The molecule has 0 aliphatic carbocycles. The maximum Gasteiger partial charge on any atom is 0.271 e. The van der Waals surface area contributed by atoms with E-state index in [2.05, 4.69) is 10.5 Å². The minimum Gasteiger partial charge on any atom is -0.493 e. The van der Waals surface area contributed by atoms with Crippen LogP contribution in [-0.2, 0) is 16.6 Å². The molecule has 3 aromatic carbocycles. The molecule has 8 nitrogen and oxygen atoms in total. The smallest absolute Gasteiger partial charge is 0.271 e. The first-order valence-corrected chi connectivity index (χ1v) is 12.7. The Labute approximate surface area is 205 Å². The van der Waals surface area contributed by atoms with Crippen LogP contribution in [0.25, 0.3) is 0 Å². The molecule has 1 saturated heterocycles. The lowest BCUT2D eigenvalue weighted by Crippen LogP contribution is -2.28. The first-order valence-electron chi connectivity index (χ1n) is 11.3. The quantitative estimate of drug-likeness (QED) is 0.361. The van der Waals surface area contributed by atoms with Gasteiger partial charge in [-0.05, 0) is 60.4 Å². The van der Waals surface area contributed by atoms with Crippen molar-refractivity contribution < 1.29 is 22.7 Å². The van der Waals surface area contributed by atoms with Crippen LogP contribution in [0.4, 0.5) is 0 Å². The fourth-order valence-electron chi connectivity index (χ4n) is 3.73. The third-order valence-electron chi connectivity index (χ3n) is 5.60. The van der Waals surface area contributed by atoms with Crippen molar-refractivity contribution in [3.8, 4) is 11.5 Å². The maximum absolute atomic E-state index is 12.8. The van der Waals surface area contributed by atoms with Crippen LogP contribution in [0, 0.1) is 0 Å². The lowest BCUT2D eigenvalue weighted by Gasteiger charge is -2.15. The summed E-state index contributed by atoms with van der Waals surface area (Å²) in [4.78, 5) is 12.7. The molecular weight excluding hydrogens is 466 g/mol. The molecule has 0 atom stereocenters. The van der Waals surface area contributed by atoms with E-state index >= 15 is 0 Å². The van der Waals surface area contributed by atoms with Gasteiger partial charge >= 0.3 is 0 Å². The fourth-order valence-corrected chi connectivity index (χ4v) is 5.29. The molecule has 1 aliphatic heterocycles. The number of nitrogens with zero attached hydrogens (tertiary/aromatic N) is 2. The normalized spacial score (nSPS) is 14.2. The van der Waals surface area contributed by atoms with Gasteiger partial charge in [0.15, 0.2) is 11.5 Å². The molecule has 0 aromatic heterocycles. The molecule has 1 amide bonds. The molecule has 1 heterocycles. The van der Waals surface area contributed by atoms with E-state index < -0.39 is 15.9 Å². The number of carbonyl (C=O) groups excluding carboxylic acids is 1. The average molecular weight is 494 g/mol. The molecule has 1 aliphatic rings. The number of ether oxygens (including phenoxy) is 2. The van der Waals surface area contributed by atoms with Gasteiger partial charge in [0.1, 0.15) is 6.61 Å². The molecule has 1 fully saturated rings. The highest BCUT2D eigenvalue weighted by Crippen LogP contribution is 2.28. The van der Waals surface area contributed by atoms with Gasteiger partial charge in [-0.1, -0.05) is 36.4 Å². The fraction of sp³-hybridized carbons (Fsp3) is 0.231. The van der Waals surface area contributed by atoms with Gasteiger partial charge in [0.25, 0.3) is 5.91 Å². The van der Waals surface area contributed by atoms with Gasteiger partial charge < -0.3 is 9.47 Å². The van der Waals surface area contributed by atoms with Crippen molar-refractivity contribution in [2.24, 2.45) is 5.10 Å². The summed E-state index contributed by atoms with van der Waals surface area (Å²) in [7, 11) is -2.04. The molecule has 182 valence electrons. The van der Waals surface area contributed by atoms with Gasteiger partial charge in [0.05, 0.1) is 18.2 Å². The van der Waals surface area contributed by atoms with E-state index in [0.717, 1.165) is 18.4 Å². The summed E-state index contributed by atoms with van der Waals surface area (Å²) in [6.45, 7) is 1.38. The molecule has 3 aromatic rings. The van der Waals surface area contributed by atoms with Gasteiger partial charge in [0.2, 0.25) is 10.0 Å². The van der Waals surface area contributed by atoms with Gasteiger partial charge in [0, 0.05) is 18.7 Å². The van der Waals surface area contributed by atoms with Crippen LogP contribution in [0.1, 0.15) is 34.3 Å². The number of benzene rings is 3. The summed E-state index contributed by atoms with van der Waals surface area (Å²) in [5.41, 5.74) is 4.38. The summed E-state index contributed by atoms with van der Waals surface area (Å²) < 4.78 is 38.3. The minimum atomic E-state index is -3.61. The van der Waals surface area contributed by atoms with Crippen LogP contribution in [0.5, 0.6) is 11.5 Å². The zero-order chi connectivity index (χ0) is 24.7. The van der Waals surface area contributed by atoms with E-state index in [1.54, 1.807) is 37.4 Å². The third kappa shape index (κ3) is 6.06. The second-order valence-corrected chi connectivity index (χ2v) is 9.96. The zero-order valence-electron chi connectivity index (χ0n) is 19.4. The van der Waals surface area contributed by atoms with Crippen LogP contribution in [0.2, 0.25) is 0 Å². The SMILES string of the molecule is COc1ccc(/C=N/NC(=O)c2cccc(S(=O)(=O)N3CCCC3)c2)cc1OCc1ccccc1. The first-order chi connectivity index (χ1) is 17.0. The van der Waals surface area contributed by atoms with Crippen molar-refractivity contribution >= 4 is 22.1 Å². The predicted molar refractivity (Wildman–Crippen MR) is 133 cm³/mol. The Hall–Kier alpha value is -3.69. The van der Waals surface area contributed by atoms with Crippen LogP contribution >= 0.6 is 0 Å². The van der Waals surface area contributed by atoms with Crippen molar-refractivity contribution in [2.75, 3.05) is 20.2 Å². The highest BCUT2D eigenvalue weighted by atomic mass is 32.2. The second kappa shape index (κ2) is 11.2. The molecule has 0 unspecified atom stereocenters. The molecule has 9 heteroatoms. The van der Waals surface area contributed by atoms with E-state index in [1.165, 1.54) is 22.7 Å². The highest BCUT2D eigenvalue weighted by Gasteiger charge is 2.27. The van der Waals surface area contributed by atoms with Crippen molar-refractivity contribution in [1.29, 1.82) is 0 Å². The summed E-state index contributed by atoms with van der Waals surface area (Å²) >= 11 is 0. The third-order valence-corrected chi connectivity index (χ3v) is 7.50. The summed E-state index contributed by atoms with van der Waals surface area (Å²) in [5.74, 6) is 0.623. The van der Waals surface area contributed by atoms with E-state index in [0.29, 0.717) is 36.8 Å². The summed E-state index contributed by atoms with van der Waals surface area (Å²) in [6.07, 6.45) is 3.18. The summed E-state index contributed by atoms with van der Waals surface area (Å²) in [5, 5.41) is 4.02. The van der Waals surface area contributed by atoms with E-state index in [1.807, 2.05) is 30.3 Å². The lowest BCUT2D eigenvalue weighted by molar-refractivity contribution is 0.0955. The van der Waals surface area contributed by atoms with Crippen molar-refractivity contribution in [3.05, 3.63) is 89.5 Å². The predicted octanol–water partition coefficient (Wildman–Crippen LogP) is 3.82. The molecule has 4 rings (SSSR count). The largest absolute Gasteiger partial charge is 0.493 e. The second-order valence-electron chi connectivity index (χ2n) is 8.02. The Balaban J connectivity index is 1.42. The number of hydrogen-bond donors (Lipinski definition) is 1. The van der Waals surface area contributed by atoms with Crippen molar-refractivity contribution in [3.63, 3.8) is 0 Å². The van der Waals surface area contributed by atoms with Gasteiger partial charge in [-0.3, -0.25) is 4.79 Å². The van der Waals surface area contributed by atoms with E-state index in [4.69, 9.17) is 9.47 Å². The van der Waals surface area contributed by atoms with Gasteiger partial charge in [-0.25, -0.2) is 13.8 Å². The molecule has 0 spiro atoms. The number of methoxy groups -OCH3 is 1. The van der Waals surface area contributed by atoms with Crippen LogP contribution in [-0.4, -0.2) is 45.0 Å². The van der Waals surface area contributed by atoms with Gasteiger partial charge in [-0.15, -0.1) is 0 Å². The number of hydrazone groups is 1. The zero-order valence-corrected chi connectivity index (χ0v) is 20.2. The number of nitrogens with one attached hydrogen (secondary N) is 1. The Morgan fingerprint density at radius 3 is 2.51 bits per heavy atom. The minimum absolute atomic E-state index is 0.103. The Morgan fingerprint density at radius 2 is 1.77 bits per heavy atom. The van der Waals surface area contributed by atoms with E-state index in [-0.39, 0.29) is 10.5 Å². The Bertz CT molecular complexity index is 1300. The van der Waals surface area contributed by atoms with Crippen LogP contribution in [0.3, 0.4) is 0 Å². The average Bonchev–Trinajstić information content (AvgIpc) is 3.44. The van der Waals surface area contributed by atoms with Crippen molar-refractivity contribution in [1.82, 2.24) is 9.73 Å². The number of hydrogen-bond acceptors (Lipinski definition) is 6. The Kier molecular flexibility index (Phi) is 7.79. The number of rotatable bonds is 9. The Morgan fingerprint density at radius 1 is 1.00 bits per heavy atom.